The number of hydrogen-bond donors (Lipinski definition) is 1. The minimum Gasteiger partial charge on any atom is -0.351 e. The summed E-state index contributed by atoms with van der Waals surface area (Å²) in [4.78, 5) is 16.7. The quantitative estimate of drug-likeness (QED) is 0.491. The number of thiazole rings is 1. The van der Waals surface area contributed by atoms with E-state index in [9.17, 15) is 4.79 Å². The Balaban J connectivity index is 2.33. The van der Waals surface area contributed by atoms with Crippen molar-refractivity contribution < 1.29 is 4.79 Å². The fourth-order valence-electron chi connectivity index (χ4n) is 1.35. The van der Waals surface area contributed by atoms with E-state index in [4.69, 9.17) is 0 Å². The summed E-state index contributed by atoms with van der Waals surface area (Å²) in [7, 11) is 0. The molecule has 0 unspecified atom stereocenters. The van der Waals surface area contributed by atoms with Crippen molar-refractivity contribution in [1.29, 1.82) is 0 Å². The van der Waals surface area contributed by atoms with E-state index >= 15 is 0 Å². The lowest BCUT2D eigenvalue weighted by atomic mass is 9.96. The molecule has 5 heteroatoms. The van der Waals surface area contributed by atoms with Crippen LogP contribution in [0, 0.1) is 5.41 Å². The van der Waals surface area contributed by atoms with Gasteiger partial charge >= 0.3 is 0 Å². The van der Waals surface area contributed by atoms with Crippen LogP contribution in [0.3, 0.4) is 0 Å². The molecule has 0 saturated heterocycles. The van der Waals surface area contributed by atoms with Gasteiger partial charge in [0, 0.05) is 6.54 Å². The van der Waals surface area contributed by atoms with Crippen LogP contribution >= 0.6 is 23.1 Å². The van der Waals surface area contributed by atoms with Crippen molar-refractivity contribution in [2.75, 3.05) is 12.3 Å². The van der Waals surface area contributed by atoms with Gasteiger partial charge in [-0.1, -0.05) is 51.6 Å². The monoisotopic (exact) mass is 298 g/mol. The summed E-state index contributed by atoms with van der Waals surface area (Å²) in [6, 6.07) is 0. The van der Waals surface area contributed by atoms with E-state index in [-0.39, 0.29) is 11.3 Å². The van der Waals surface area contributed by atoms with Gasteiger partial charge in [0.1, 0.15) is 4.88 Å². The first-order valence-electron chi connectivity index (χ1n) is 6.47. The van der Waals surface area contributed by atoms with E-state index < -0.39 is 0 Å². The van der Waals surface area contributed by atoms with Crippen LogP contribution < -0.4 is 5.32 Å². The van der Waals surface area contributed by atoms with Crippen LogP contribution in [0.25, 0.3) is 0 Å². The number of amides is 1. The Morgan fingerprint density at radius 1 is 1.53 bits per heavy atom. The molecule has 0 aliphatic heterocycles. The first-order valence-corrected chi connectivity index (χ1v) is 8.27. The van der Waals surface area contributed by atoms with Crippen molar-refractivity contribution >= 4 is 29.0 Å². The summed E-state index contributed by atoms with van der Waals surface area (Å²) < 4.78 is 0.959. The molecule has 0 aliphatic rings. The lowest BCUT2D eigenvalue weighted by Gasteiger charge is -2.10. The van der Waals surface area contributed by atoms with Crippen molar-refractivity contribution in [3.05, 3.63) is 23.2 Å². The smallest absolute Gasteiger partial charge is 0.263 e. The second-order valence-corrected chi connectivity index (χ2v) is 7.78. The molecule has 1 heterocycles. The number of nitrogens with zero attached hydrogens (tertiary/aromatic N) is 1. The molecule has 0 bridgehead atoms. The van der Waals surface area contributed by atoms with Gasteiger partial charge in [0.15, 0.2) is 4.34 Å². The van der Waals surface area contributed by atoms with E-state index in [1.807, 2.05) is 0 Å². The molecular formula is C14H22N2OS2. The maximum atomic E-state index is 11.8. The Labute approximate surface area is 123 Å². The van der Waals surface area contributed by atoms with E-state index in [0.29, 0.717) is 11.4 Å². The number of rotatable bonds is 6. The third kappa shape index (κ3) is 6.78. The fraction of sp³-hybridized carbons (Fsp3) is 0.571. The van der Waals surface area contributed by atoms with E-state index in [0.717, 1.165) is 16.5 Å². The van der Waals surface area contributed by atoms with Gasteiger partial charge in [-0.2, -0.15) is 0 Å². The predicted molar refractivity (Wildman–Crippen MR) is 84.1 cm³/mol. The third-order valence-corrected chi connectivity index (χ3v) is 4.23. The maximum Gasteiger partial charge on any atom is 0.263 e. The molecule has 1 aromatic rings. The Kier molecular flexibility index (Phi) is 6.58. The van der Waals surface area contributed by atoms with Gasteiger partial charge in [-0.25, -0.2) is 4.98 Å². The van der Waals surface area contributed by atoms with Crippen molar-refractivity contribution in [2.45, 2.75) is 38.5 Å². The number of carbonyl (C=O) groups excluding carboxylic acids is 1. The lowest BCUT2D eigenvalue weighted by molar-refractivity contribution is 0.0958. The highest BCUT2D eigenvalue weighted by molar-refractivity contribution is 8.01. The van der Waals surface area contributed by atoms with E-state index in [1.165, 1.54) is 11.3 Å². The highest BCUT2D eigenvalue weighted by Gasteiger charge is 2.09. The fourth-order valence-corrected chi connectivity index (χ4v) is 3.14. The number of nitrogens with one attached hydrogen (secondary N) is 1. The number of carbonyl (C=O) groups is 1. The number of aromatic nitrogens is 1. The van der Waals surface area contributed by atoms with Crippen molar-refractivity contribution in [3.8, 4) is 0 Å². The van der Waals surface area contributed by atoms with Crippen molar-refractivity contribution in [2.24, 2.45) is 5.41 Å². The average molecular weight is 298 g/mol. The Morgan fingerprint density at radius 2 is 2.26 bits per heavy atom. The molecule has 1 rings (SSSR count). The molecule has 106 valence electrons. The molecule has 1 N–H and O–H groups in total. The molecule has 0 fully saturated rings. The van der Waals surface area contributed by atoms with Crippen molar-refractivity contribution in [3.63, 3.8) is 0 Å². The summed E-state index contributed by atoms with van der Waals surface area (Å²) in [5.74, 6) is 0.955. The Morgan fingerprint density at radius 3 is 2.89 bits per heavy atom. The van der Waals surface area contributed by atoms with Gasteiger partial charge in [0.25, 0.3) is 5.91 Å². The molecular weight excluding hydrogens is 276 g/mol. The van der Waals surface area contributed by atoms with Gasteiger partial charge in [-0.05, 0) is 17.6 Å². The second kappa shape index (κ2) is 7.70. The highest BCUT2D eigenvalue weighted by atomic mass is 32.2. The van der Waals surface area contributed by atoms with Crippen molar-refractivity contribution in [1.82, 2.24) is 10.3 Å². The zero-order valence-electron chi connectivity index (χ0n) is 12.0. The van der Waals surface area contributed by atoms with Gasteiger partial charge in [-0.15, -0.1) is 11.3 Å². The molecule has 0 atom stereocenters. The molecule has 19 heavy (non-hydrogen) atoms. The predicted octanol–water partition coefficient (Wildman–Crippen LogP) is 3.98. The van der Waals surface area contributed by atoms with Gasteiger partial charge in [0.05, 0.1) is 6.20 Å². The molecule has 0 aliphatic carbocycles. The zero-order valence-corrected chi connectivity index (χ0v) is 13.7. The average Bonchev–Trinajstić information content (AvgIpc) is 2.76. The summed E-state index contributed by atoms with van der Waals surface area (Å²) >= 11 is 3.12. The molecule has 0 spiro atoms. The third-order valence-electron chi connectivity index (χ3n) is 2.19. The van der Waals surface area contributed by atoms with Crippen LogP contribution in [-0.4, -0.2) is 23.2 Å². The maximum absolute atomic E-state index is 11.8. The zero-order chi connectivity index (χ0) is 14.3. The normalized spacial score (nSPS) is 12.0. The summed E-state index contributed by atoms with van der Waals surface area (Å²) in [6.45, 7) is 9.22. The largest absolute Gasteiger partial charge is 0.351 e. The van der Waals surface area contributed by atoms with Crippen LogP contribution in [0.15, 0.2) is 22.7 Å². The van der Waals surface area contributed by atoms with Crippen LogP contribution in [0.4, 0.5) is 0 Å². The van der Waals surface area contributed by atoms with Crippen LogP contribution in [-0.2, 0) is 0 Å². The molecule has 1 amide bonds. The molecule has 0 saturated carbocycles. The van der Waals surface area contributed by atoms with Gasteiger partial charge in [0.2, 0.25) is 0 Å². The van der Waals surface area contributed by atoms with Crippen LogP contribution in [0.1, 0.15) is 43.8 Å². The van der Waals surface area contributed by atoms with E-state index in [2.05, 4.69) is 50.1 Å². The number of hydrogen-bond acceptors (Lipinski definition) is 4. The van der Waals surface area contributed by atoms with E-state index in [1.54, 1.807) is 18.0 Å². The lowest BCUT2D eigenvalue weighted by Crippen LogP contribution is -2.23. The summed E-state index contributed by atoms with van der Waals surface area (Å²) in [5, 5.41) is 2.91. The topological polar surface area (TPSA) is 42.0 Å². The molecule has 1 aromatic heterocycles. The van der Waals surface area contributed by atoms with Gasteiger partial charge < -0.3 is 5.32 Å². The summed E-state index contributed by atoms with van der Waals surface area (Å²) in [6.07, 6.45) is 6.80. The second-order valence-electron chi connectivity index (χ2n) is 5.24. The number of thioether (sulfide) groups is 1. The number of allylic oxidation sites excluding steroid dienone is 1. The minimum absolute atomic E-state index is 0.0235. The summed E-state index contributed by atoms with van der Waals surface area (Å²) in [5.41, 5.74) is 0.202. The standard InChI is InChI=1S/C14H22N2OS2/c1-5-18-13-16-10-11(19-13)12(17)15-9-7-6-8-14(2,3)4/h6,8,10H,5,7,9H2,1-4H3,(H,15,17)/b8-6-. The SMILES string of the molecule is CCSc1ncc(C(=O)NCC/C=C\C(C)(C)C)s1. The van der Waals surface area contributed by atoms with Crippen LogP contribution in [0.5, 0.6) is 0 Å². The highest BCUT2D eigenvalue weighted by Crippen LogP contribution is 2.23. The van der Waals surface area contributed by atoms with Gasteiger partial charge in [-0.3, -0.25) is 4.79 Å². The molecule has 0 radical (unpaired) electrons. The van der Waals surface area contributed by atoms with Crippen LogP contribution in [0.2, 0.25) is 0 Å². The first kappa shape index (κ1) is 16.2. The Bertz CT molecular complexity index is 433. The molecule has 0 aromatic carbocycles. The first-order chi connectivity index (χ1) is 8.92. The Hall–Kier alpha value is -0.810. The molecule has 3 nitrogen and oxygen atoms in total. The minimum atomic E-state index is -0.0235.